The van der Waals surface area contributed by atoms with Gasteiger partial charge in [0.2, 0.25) is 5.91 Å². The first kappa shape index (κ1) is 18.9. The van der Waals surface area contributed by atoms with Crippen LogP contribution in [0.5, 0.6) is 0 Å². The van der Waals surface area contributed by atoms with E-state index in [0.29, 0.717) is 25.2 Å². The zero-order valence-corrected chi connectivity index (χ0v) is 13.9. The molecule has 2 N–H and O–H groups in total. The third-order valence-corrected chi connectivity index (χ3v) is 3.93. The van der Waals surface area contributed by atoms with Gasteiger partial charge in [-0.15, -0.1) is 0 Å². The fourth-order valence-corrected chi connectivity index (χ4v) is 2.65. The third kappa shape index (κ3) is 6.40. The highest BCUT2D eigenvalue weighted by Gasteiger charge is 2.35. The number of carbonyl (C=O) groups excluding carboxylic acids is 1. The van der Waals surface area contributed by atoms with Gasteiger partial charge in [-0.1, -0.05) is 41.5 Å². The second-order valence-electron chi connectivity index (χ2n) is 7.14. The summed E-state index contributed by atoms with van der Waals surface area (Å²) in [5.74, 6) is -0.572. The highest BCUT2D eigenvalue weighted by molar-refractivity contribution is 5.79. The first-order valence-corrected chi connectivity index (χ1v) is 7.56. The Morgan fingerprint density at radius 2 is 1.65 bits per heavy atom. The molecule has 0 heterocycles. The molecule has 4 heteroatoms. The summed E-state index contributed by atoms with van der Waals surface area (Å²) in [4.78, 5) is 23.3. The van der Waals surface area contributed by atoms with Crippen LogP contribution in [-0.4, -0.2) is 23.5 Å². The molecule has 0 aromatic carbocycles. The molecule has 0 aliphatic carbocycles. The van der Waals surface area contributed by atoms with Crippen LogP contribution < -0.4 is 5.32 Å². The molecular formula is C16H31NO3. The Balaban J connectivity index is 4.38. The molecule has 0 fully saturated rings. The van der Waals surface area contributed by atoms with E-state index in [1.165, 1.54) is 0 Å². The van der Waals surface area contributed by atoms with Crippen LogP contribution in [0.1, 0.15) is 67.2 Å². The van der Waals surface area contributed by atoms with E-state index in [-0.39, 0.29) is 17.9 Å². The van der Waals surface area contributed by atoms with Gasteiger partial charge in [0.25, 0.3) is 0 Å². The van der Waals surface area contributed by atoms with Crippen LogP contribution in [0.4, 0.5) is 0 Å². The quantitative estimate of drug-likeness (QED) is 0.717. The first-order chi connectivity index (χ1) is 9.06. The Morgan fingerprint density at radius 3 is 2.00 bits per heavy atom. The Hall–Kier alpha value is -1.06. The number of rotatable bonds is 8. The van der Waals surface area contributed by atoms with Crippen LogP contribution in [0.2, 0.25) is 0 Å². The van der Waals surface area contributed by atoms with Crippen LogP contribution in [0.3, 0.4) is 0 Å². The van der Waals surface area contributed by atoms with E-state index in [1.807, 2.05) is 13.8 Å². The van der Waals surface area contributed by atoms with Gasteiger partial charge >= 0.3 is 5.97 Å². The van der Waals surface area contributed by atoms with Gasteiger partial charge in [0.1, 0.15) is 0 Å². The van der Waals surface area contributed by atoms with Crippen molar-refractivity contribution in [2.75, 3.05) is 6.54 Å². The fraction of sp³-hybridized carbons (Fsp3) is 0.875. The van der Waals surface area contributed by atoms with Gasteiger partial charge in [-0.3, -0.25) is 9.59 Å². The smallest absolute Gasteiger partial charge is 0.311 e. The van der Waals surface area contributed by atoms with Crippen LogP contribution in [0.25, 0.3) is 0 Å². The van der Waals surface area contributed by atoms with Crippen LogP contribution in [0, 0.1) is 16.7 Å². The van der Waals surface area contributed by atoms with E-state index in [2.05, 4.69) is 33.0 Å². The molecule has 0 rings (SSSR count). The normalized spacial score (nSPS) is 13.9. The summed E-state index contributed by atoms with van der Waals surface area (Å²) in [5, 5.41) is 12.1. The molecule has 0 saturated heterocycles. The molecule has 0 aromatic rings. The van der Waals surface area contributed by atoms with Crippen molar-refractivity contribution in [1.82, 2.24) is 5.32 Å². The van der Waals surface area contributed by atoms with E-state index < -0.39 is 11.4 Å². The molecule has 0 aliphatic heterocycles. The Labute approximate surface area is 123 Å². The first-order valence-electron chi connectivity index (χ1n) is 7.56. The summed E-state index contributed by atoms with van der Waals surface area (Å²) in [6, 6.07) is 0. The summed E-state index contributed by atoms with van der Waals surface area (Å²) in [5.41, 5.74) is -0.625. The topological polar surface area (TPSA) is 66.4 Å². The molecule has 0 spiro atoms. The minimum atomic E-state index is -0.830. The van der Waals surface area contributed by atoms with Gasteiger partial charge in [-0.2, -0.15) is 0 Å². The molecule has 1 atom stereocenters. The molecular weight excluding hydrogens is 254 g/mol. The number of hydrogen-bond acceptors (Lipinski definition) is 2. The molecule has 20 heavy (non-hydrogen) atoms. The standard InChI is InChI=1S/C16H31NO3/c1-7-16(8-2,14(19)20)11-17-13(18)9-12(3)10-15(4,5)6/h12H,7-11H2,1-6H3,(H,17,18)(H,19,20). The average Bonchev–Trinajstić information content (AvgIpc) is 2.27. The maximum absolute atomic E-state index is 11.9. The number of carboxylic acids is 1. The van der Waals surface area contributed by atoms with E-state index >= 15 is 0 Å². The van der Waals surface area contributed by atoms with Crippen molar-refractivity contribution < 1.29 is 14.7 Å². The second kappa shape index (κ2) is 7.65. The average molecular weight is 285 g/mol. The molecule has 1 unspecified atom stereocenters. The lowest BCUT2D eigenvalue weighted by Gasteiger charge is -2.27. The van der Waals surface area contributed by atoms with E-state index in [0.717, 1.165) is 6.42 Å². The molecule has 118 valence electrons. The highest BCUT2D eigenvalue weighted by atomic mass is 16.4. The second-order valence-corrected chi connectivity index (χ2v) is 7.14. The molecule has 0 bridgehead atoms. The molecule has 1 amide bonds. The molecule has 4 nitrogen and oxygen atoms in total. The van der Waals surface area contributed by atoms with Crippen molar-refractivity contribution in [2.24, 2.45) is 16.7 Å². The van der Waals surface area contributed by atoms with Crippen molar-refractivity contribution in [1.29, 1.82) is 0 Å². The minimum Gasteiger partial charge on any atom is -0.481 e. The monoisotopic (exact) mass is 285 g/mol. The molecule has 0 aromatic heterocycles. The SMILES string of the molecule is CCC(CC)(CNC(=O)CC(C)CC(C)(C)C)C(=O)O. The van der Waals surface area contributed by atoms with Crippen molar-refractivity contribution in [3.63, 3.8) is 0 Å². The lowest BCUT2D eigenvalue weighted by molar-refractivity contribution is -0.149. The Bertz CT molecular complexity index is 327. The fourth-order valence-electron chi connectivity index (χ4n) is 2.65. The minimum absolute atomic E-state index is 0.0470. The van der Waals surface area contributed by atoms with Gasteiger partial charge in [-0.25, -0.2) is 0 Å². The summed E-state index contributed by atoms with van der Waals surface area (Å²) >= 11 is 0. The zero-order chi connectivity index (χ0) is 16.0. The van der Waals surface area contributed by atoms with E-state index in [4.69, 9.17) is 0 Å². The number of aliphatic carboxylic acids is 1. The van der Waals surface area contributed by atoms with E-state index in [9.17, 15) is 14.7 Å². The Morgan fingerprint density at radius 1 is 1.15 bits per heavy atom. The van der Waals surface area contributed by atoms with E-state index in [1.54, 1.807) is 0 Å². The van der Waals surface area contributed by atoms with Crippen molar-refractivity contribution in [3.05, 3.63) is 0 Å². The van der Waals surface area contributed by atoms with Gasteiger partial charge in [0.05, 0.1) is 5.41 Å². The van der Waals surface area contributed by atoms with Gasteiger partial charge in [-0.05, 0) is 30.6 Å². The van der Waals surface area contributed by atoms with Crippen LogP contribution in [-0.2, 0) is 9.59 Å². The summed E-state index contributed by atoms with van der Waals surface area (Å²) in [7, 11) is 0. The maximum Gasteiger partial charge on any atom is 0.311 e. The van der Waals surface area contributed by atoms with Gasteiger partial charge in [0, 0.05) is 13.0 Å². The van der Waals surface area contributed by atoms with Gasteiger partial charge in [0.15, 0.2) is 0 Å². The summed E-state index contributed by atoms with van der Waals surface area (Å²) in [6.07, 6.45) is 2.49. The maximum atomic E-state index is 11.9. The third-order valence-electron chi connectivity index (χ3n) is 3.93. The van der Waals surface area contributed by atoms with Gasteiger partial charge < -0.3 is 10.4 Å². The molecule has 0 aliphatic rings. The highest BCUT2D eigenvalue weighted by Crippen LogP contribution is 2.27. The number of carboxylic acid groups (broad SMARTS) is 1. The zero-order valence-electron chi connectivity index (χ0n) is 13.9. The predicted molar refractivity (Wildman–Crippen MR) is 81.5 cm³/mol. The van der Waals surface area contributed by atoms with Crippen LogP contribution in [0.15, 0.2) is 0 Å². The Kier molecular flexibility index (Phi) is 7.25. The number of amides is 1. The molecule has 0 saturated carbocycles. The predicted octanol–water partition coefficient (Wildman–Crippen LogP) is 3.46. The largest absolute Gasteiger partial charge is 0.481 e. The van der Waals surface area contributed by atoms with Crippen LogP contribution >= 0.6 is 0 Å². The van der Waals surface area contributed by atoms with Crippen molar-refractivity contribution in [3.8, 4) is 0 Å². The summed E-state index contributed by atoms with van der Waals surface area (Å²) in [6.45, 7) is 12.5. The number of nitrogens with one attached hydrogen (secondary N) is 1. The number of hydrogen-bond donors (Lipinski definition) is 2. The van der Waals surface area contributed by atoms with Crippen molar-refractivity contribution in [2.45, 2.75) is 67.2 Å². The molecule has 0 radical (unpaired) electrons. The van der Waals surface area contributed by atoms with Crippen molar-refractivity contribution >= 4 is 11.9 Å². The summed E-state index contributed by atoms with van der Waals surface area (Å²) < 4.78 is 0. The number of carbonyl (C=O) groups is 2. The lowest BCUT2D eigenvalue weighted by Crippen LogP contribution is -2.42. The lowest BCUT2D eigenvalue weighted by atomic mass is 9.82.